The van der Waals surface area contributed by atoms with Gasteiger partial charge in [0.1, 0.15) is 6.54 Å². The molecule has 1 amide bonds. The van der Waals surface area contributed by atoms with Crippen LogP contribution in [0.4, 0.5) is 0 Å². The Morgan fingerprint density at radius 2 is 1.95 bits per heavy atom. The van der Waals surface area contributed by atoms with Gasteiger partial charge in [-0.3, -0.25) is 9.59 Å². The molecule has 0 saturated heterocycles. The Kier molecular flexibility index (Phi) is 9.16. The van der Waals surface area contributed by atoms with Gasteiger partial charge >= 0.3 is 5.97 Å². The Hall–Kier alpha value is -1.14. The first-order chi connectivity index (χ1) is 8.97. The van der Waals surface area contributed by atoms with Crippen molar-refractivity contribution >= 4 is 11.9 Å². The van der Waals surface area contributed by atoms with E-state index in [2.05, 4.69) is 0 Å². The third kappa shape index (κ3) is 6.54. The van der Waals surface area contributed by atoms with E-state index in [1.807, 2.05) is 13.8 Å². The van der Waals surface area contributed by atoms with Gasteiger partial charge in [-0.15, -0.1) is 0 Å². The monoisotopic (exact) mass is 274 g/mol. The molecule has 2 N–H and O–H groups in total. The minimum absolute atomic E-state index is 0.0563. The molecule has 0 radical (unpaired) electrons. The van der Waals surface area contributed by atoms with Crippen LogP contribution in [0.25, 0.3) is 0 Å². The average molecular weight is 274 g/mol. The number of carbonyl (C=O) groups excluding carboxylic acids is 2. The van der Waals surface area contributed by atoms with Gasteiger partial charge in [0.15, 0.2) is 0 Å². The number of nitrogens with zero attached hydrogens (tertiary/aromatic N) is 1. The summed E-state index contributed by atoms with van der Waals surface area (Å²) in [6.45, 7) is 6.86. The average Bonchev–Trinajstić information content (AvgIpc) is 2.34. The molecule has 6 nitrogen and oxygen atoms in total. The molecule has 0 aliphatic carbocycles. The molecule has 0 aliphatic rings. The topological polar surface area (TPSA) is 81.9 Å². The van der Waals surface area contributed by atoms with Crippen LogP contribution in [0.2, 0.25) is 0 Å². The highest BCUT2D eigenvalue weighted by atomic mass is 16.5. The van der Waals surface area contributed by atoms with E-state index in [9.17, 15) is 9.59 Å². The van der Waals surface area contributed by atoms with E-state index in [1.54, 1.807) is 14.0 Å². The van der Waals surface area contributed by atoms with Crippen LogP contribution >= 0.6 is 0 Å². The number of methoxy groups -OCH3 is 1. The Balaban J connectivity index is 4.71. The van der Waals surface area contributed by atoms with Gasteiger partial charge in [0.05, 0.1) is 19.1 Å². The molecule has 0 spiro atoms. The summed E-state index contributed by atoms with van der Waals surface area (Å²) in [6.07, 6.45) is 0. The van der Waals surface area contributed by atoms with E-state index in [4.69, 9.17) is 15.2 Å². The zero-order valence-corrected chi connectivity index (χ0v) is 12.3. The highest BCUT2D eigenvalue weighted by molar-refractivity contribution is 5.84. The van der Waals surface area contributed by atoms with Gasteiger partial charge < -0.3 is 20.1 Å². The lowest BCUT2D eigenvalue weighted by Crippen LogP contribution is -2.45. The predicted molar refractivity (Wildman–Crippen MR) is 72.5 cm³/mol. The van der Waals surface area contributed by atoms with Crippen molar-refractivity contribution in [3.8, 4) is 0 Å². The summed E-state index contributed by atoms with van der Waals surface area (Å²) >= 11 is 0. The van der Waals surface area contributed by atoms with Crippen LogP contribution < -0.4 is 5.73 Å². The molecule has 0 aromatic carbocycles. The van der Waals surface area contributed by atoms with Crippen LogP contribution in [0.3, 0.4) is 0 Å². The summed E-state index contributed by atoms with van der Waals surface area (Å²) in [5, 5.41) is 0. The number of esters is 1. The minimum Gasteiger partial charge on any atom is -0.465 e. The maximum atomic E-state index is 12.3. The standard InChI is InChI=1S/C13H26N2O4/c1-5-19-12(16)9-15(6-7-18-4)13(17)11(8-14)10(2)3/h10-11H,5-9,14H2,1-4H3. The summed E-state index contributed by atoms with van der Waals surface area (Å²) in [7, 11) is 1.55. The first-order valence-corrected chi connectivity index (χ1v) is 6.61. The summed E-state index contributed by atoms with van der Waals surface area (Å²) < 4.78 is 9.83. The molecule has 0 saturated carbocycles. The molecular formula is C13H26N2O4. The van der Waals surface area contributed by atoms with E-state index < -0.39 is 5.97 Å². The molecule has 1 unspecified atom stereocenters. The van der Waals surface area contributed by atoms with E-state index in [0.717, 1.165) is 0 Å². The fourth-order valence-corrected chi connectivity index (χ4v) is 1.72. The van der Waals surface area contributed by atoms with Crippen molar-refractivity contribution in [2.24, 2.45) is 17.6 Å². The lowest BCUT2D eigenvalue weighted by molar-refractivity contribution is -0.151. The second kappa shape index (κ2) is 9.75. The predicted octanol–water partition coefficient (Wildman–Crippen LogP) is 0.255. The molecule has 0 aromatic heterocycles. The maximum absolute atomic E-state index is 12.3. The largest absolute Gasteiger partial charge is 0.465 e. The van der Waals surface area contributed by atoms with Gasteiger partial charge in [0.2, 0.25) is 5.91 Å². The van der Waals surface area contributed by atoms with Crippen molar-refractivity contribution in [1.29, 1.82) is 0 Å². The van der Waals surface area contributed by atoms with Crippen LogP contribution in [-0.2, 0) is 19.1 Å². The van der Waals surface area contributed by atoms with Gasteiger partial charge in [-0.1, -0.05) is 13.8 Å². The second-order valence-electron chi connectivity index (χ2n) is 4.64. The van der Waals surface area contributed by atoms with Crippen molar-refractivity contribution in [2.75, 3.05) is 40.0 Å². The molecule has 19 heavy (non-hydrogen) atoms. The van der Waals surface area contributed by atoms with E-state index in [-0.39, 0.29) is 30.8 Å². The number of amides is 1. The van der Waals surface area contributed by atoms with Crippen LogP contribution in [0.15, 0.2) is 0 Å². The van der Waals surface area contributed by atoms with E-state index in [1.165, 1.54) is 4.90 Å². The summed E-state index contributed by atoms with van der Waals surface area (Å²) in [6, 6.07) is 0. The molecular weight excluding hydrogens is 248 g/mol. The van der Waals surface area contributed by atoms with Crippen molar-refractivity contribution < 1.29 is 19.1 Å². The fourth-order valence-electron chi connectivity index (χ4n) is 1.72. The van der Waals surface area contributed by atoms with Crippen molar-refractivity contribution in [1.82, 2.24) is 4.90 Å². The Morgan fingerprint density at radius 1 is 1.32 bits per heavy atom. The maximum Gasteiger partial charge on any atom is 0.325 e. The van der Waals surface area contributed by atoms with Crippen molar-refractivity contribution in [3.63, 3.8) is 0 Å². The first-order valence-electron chi connectivity index (χ1n) is 6.61. The lowest BCUT2D eigenvalue weighted by atomic mass is 9.94. The van der Waals surface area contributed by atoms with Crippen molar-refractivity contribution in [2.45, 2.75) is 20.8 Å². The van der Waals surface area contributed by atoms with Gasteiger partial charge in [0.25, 0.3) is 0 Å². The van der Waals surface area contributed by atoms with Crippen molar-refractivity contribution in [3.05, 3.63) is 0 Å². The van der Waals surface area contributed by atoms with Gasteiger partial charge in [0, 0.05) is 20.2 Å². The number of carbonyl (C=O) groups is 2. The van der Waals surface area contributed by atoms with Crippen LogP contribution in [0, 0.1) is 11.8 Å². The Labute approximate surface area is 115 Å². The van der Waals surface area contributed by atoms with E-state index in [0.29, 0.717) is 19.8 Å². The second-order valence-corrected chi connectivity index (χ2v) is 4.64. The molecule has 6 heteroatoms. The summed E-state index contributed by atoms with van der Waals surface area (Å²) in [5.41, 5.74) is 5.64. The normalized spacial score (nSPS) is 12.3. The minimum atomic E-state index is -0.411. The number of hydrogen-bond donors (Lipinski definition) is 1. The van der Waals surface area contributed by atoms with Gasteiger partial charge in [-0.2, -0.15) is 0 Å². The SMILES string of the molecule is CCOC(=O)CN(CCOC)C(=O)C(CN)C(C)C. The molecule has 0 aromatic rings. The third-order valence-electron chi connectivity index (χ3n) is 2.88. The molecule has 0 fully saturated rings. The van der Waals surface area contributed by atoms with E-state index >= 15 is 0 Å². The third-order valence-corrected chi connectivity index (χ3v) is 2.88. The Morgan fingerprint density at radius 3 is 2.37 bits per heavy atom. The lowest BCUT2D eigenvalue weighted by Gasteiger charge is -2.27. The first kappa shape index (κ1) is 17.9. The van der Waals surface area contributed by atoms with Crippen LogP contribution in [-0.4, -0.2) is 56.7 Å². The summed E-state index contributed by atoms with van der Waals surface area (Å²) in [5.74, 6) is -0.690. The number of hydrogen-bond acceptors (Lipinski definition) is 5. The quantitative estimate of drug-likeness (QED) is 0.610. The smallest absolute Gasteiger partial charge is 0.325 e. The zero-order chi connectivity index (χ0) is 14.8. The molecule has 0 aliphatic heterocycles. The van der Waals surface area contributed by atoms with Crippen LogP contribution in [0.5, 0.6) is 0 Å². The number of rotatable bonds is 9. The molecule has 0 heterocycles. The van der Waals surface area contributed by atoms with Gasteiger partial charge in [-0.25, -0.2) is 0 Å². The molecule has 0 rings (SSSR count). The molecule has 112 valence electrons. The Bertz CT molecular complexity index is 282. The summed E-state index contributed by atoms with van der Waals surface area (Å²) in [4.78, 5) is 25.3. The zero-order valence-electron chi connectivity index (χ0n) is 12.3. The molecule has 1 atom stereocenters. The van der Waals surface area contributed by atoms with Gasteiger partial charge in [-0.05, 0) is 12.8 Å². The number of nitrogens with two attached hydrogens (primary N) is 1. The highest BCUT2D eigenvalue weighted by Crippen LogP contribution is 2.13. The highest BCUT2D eigenvalue weighted by Gasteiger charge is 2.27. The number of ether oxygens (including phenoxy) is 2. The van der Waals surface area contributed by atoms with Crippen LogP contribution in [0.1, 0.15) is 20.8 Å². The molecule has 0 bridgehead atoms. The fraction of sp³-hybridized carbons (Fsp3) is 0.846.